The Bertz CT molecular complexity index is 1470. The minimum Gasteiger partial charge on any atom is -0.337 e. The Morgan fingerprint density at radius 2 is 1.87 bits per heavy atom. The molecule has 0 saturated heterocycles. The van der Waals surface area contributed by atoms with E-state index in [9.17, 15) is 9.18 Å². The Morgan fingerprint density at radius 1 is 1.06 bits per heavy atom. The largest absolute Gasteiger partial charge is 0.337 e. The topological polar surface area (TPSA) is 91.1 Å². The molecule has 0 amide bonds. The van der Waals surface area contributed by atoms with E-state index >= 15 is 0 Å². The van der Waals surface area contributed by atoms with Crippen molar-refractivity contribution in [2.24, 2.45) is 0 Å². The van der Waals surface area contributed by atoms with Gasteiger partial charge in [0.2, 0.25) is 11.7 Å². The number of aryl methyl sites for hydroxylation is 2. The highest BCUT2D eigenvalue weighted by Crippen LogP contribution is 2.23. The Morgan fingerprint density at radius 3 is 2.68 bits per heavy atom. The molecule has 5 aromatic rings. The van der Waals surface area contributed by atoms with Crippen LogP contribution in [0.1, 0.15) is 17.0 Å². The van der Waals surface area contributed by atoms with Crippen LogP contribution in [0.15, 0.2) is 64.2 Å². The van der Waals surface area contributed by atoms with Crippen LogP contribution in [0.4, 0.5) is 4.39 Å². The molecule has 3 heterocycles. The van der Waals surface area contributed by atoms with Crippen LogP contribution in [-0.4, -0.2) is 29.5 Å². The van der Waals surface area contributed by atoms with E-state index in [1.54, 1.807) is 18.2 Å². The molecule has 0 N–H and O–H groups in total. The van der Waals surface area contributed by atoms with Gasteiger partial charge < -0.3 is 4.52 Å². The van der Waals surface area contributed by atoms with Crippen molar-refractivity contribution in [3.8, 4) is 22.6 Å². The van der Waals surface area contributed by atoms with Gasteiger partial charge in [-0.25, -0.2) is 13.6 Å². The number of hydrogen-bond donors (Lipinski definition) is 0. The fraction of sp³-hybridized carbons (Fsp3) is 0.136. The number of hydrogen-bond acceptors (Lipinski definition) is 6. The van der Waals surface area contributed by atoms with Crippen molar-refractivity contribution in [3.63, 3.8) is 0 Å². The van der Waals surface area contributed by atoms with Gasteiger partial charge in [-0.15, -0.1) is 0 Å². The Hall–Kier alpha value is -4.14. The predicted octanol–water partition coefficient (Wildman–Crippen LogP) is 3.41. The van der Waals surface area contributed by atoms with E-state index in [0.29, 0.717) is 22.6 Å². The van der Waals surface area contributed by atoms with Crippen LogP contribution in [0.3, 0.4) is 0 Å². The average Bonchev–Trinajstić information content (AvgIpc) is 3.40. The lowest BCUT2D eigenvalue weighted by Gasteiger charge is -2.03. The number of halogens is 1. The second-order valence-electron chi connectivity index (χ2n) is 7.29. The molecule has 3 aromatic heterocycles. The molecule has 31 heavy (non-hydrogen) atoms. The zero-order chi connectivity index (χ0) is 21.5. The van der Waals surface area contributed by atoms with Gasteiger partial charge in [-0.3, -0.25) is 4.79 Å². The normalized spacial score (nSPS) is 11.3. The highest BCUT2D eigenvalue weighted by Gasteiger charge is 2.15. The molecule has 5 rings (SSSR count). The van der Waals surface area contributed by atoms with Crippen LogP contribution in [0.5, 0.6) is 0 Å². The smallest absolute Gasteiger partial charge is 0.293 e. The number of aromatic nitrogens is 6. The molecule has 8 nitrogen and oxygen atoms in total. The quantitative estimate of drug-likeness (QED) is 0.446. The van der Waals surface area contributed by atoms with Crippen molar-refractivity contribution in [1.29, 1.82) is 0 Å². The summed E-state index contributed by atoms with van der Waals surface area (Å²) in [7, 11) is 0. The SMILES string of the molecule is Cc1ccc(C)c(-c2cc3c(=O)n(Cc4nc(-c5ccc(F)cc5)no4)ncn3n2)c1. The maximum absolute atomic E-state index is 13.1. The fourth-order valence-corrected chi connectivity index (χ4v) is 3.36. The Kier molecular flexibility index (Phi) is 4.43. The molecule has 9 heteroatoms. The summed E-state index contributed by atoms with van der Waals surface area (Å²) in [5.41, 5.74) is 4.53. The Labute approximate surface area is 175 Å². The monoisotopic (exact) mass is 416 g/mol. The minimum atomic E-state index is -0.349. The zero-order valence-electron chi connectivity index (χ0n) is 16.8. The molecule has 0 aliphatic heterocycles. The summed E-state index contributed by atoms with van der Waals surface area (Å²) >= 11 is 0. The molecular formula is C22H17FN6O2. The van der Waals surface area contributed by atoms with Crippen LogP contribution in [0.2, 0.25) is 0 Å². The summed E-state index contributed by atoms with van der Waals surface area (Å²) in [6, 6.07) is 13.6. The zero-order valence-corrected chi connectivity index (χ0v) is 16.8. The molecule has 0 fully saturated rings. The van der Waals surface area contributed by atoms with Gasteiger partial charge in [0, 0.05) is 11.1 Å². The number of nitrogens with zero attached hydrogens (tertiary/aromatic N) is 6. The Balaban J connectivity index is 1.47. The predicted molar refractivity (Wildman–Crippen MR) is 111 cm³/mol. The van der Waals surface area contributed by atoms with Gasteiger partial charge in [0.1, 0.15) is 24.2 Å². The van der Waals surface area contributed by atoms with Gasteiger partial charge in [-0.1, -0.05) is 22.9 Å². The third-order valence-electron chi connectivity index (χ3n) is 5.01. The lowest BCUT2D eigenvalue weighted by atomic mass is 10.0. The van der Waals surface area contributed by atoms with Crippen molar-refractivity contribution < 1.29 is 8.91 Å². The third-order valence-corrected chi connectivity index (χ3v) is 5.01. The number of rotatable bonds is 4. The fourth-order valence-electron chi connectivity index (χ4n) is 3.36. The van der Waals surface area contributed by atoms with Crippen molar-refractivity contribution in [2.75, 3.05) is 0 Å². The molecule has 154 valence electrons. The summed E-state index contributed by atoms with van der Waals surface area (Å²) in [5, 5.41) is 12.6. The first-order chi connectivity index (χ1) is 15.0. The lowest BCUT2D eigenvalue weighted by Crippen LogP contribution is -2.25. The average molecular weight is 416 g/mol. The third kappa shape index (κ3) is 3.50. The van der Waals surface area contributed by atoms with Crippen LogP contribution < -0.4 is 5.56 Å². The number of benzene rings is 2. The standard InChI is InChI=1S/C22H17FN6O2/c1-13-3-4-14(2)17(9-13)18-10-19-22(30)28(24-12-29(19)26-18)11-20-25-21(27-31-20)15-5-7-16(23)8-6-15/h3-10,12H,11H2,1-2H3. The summed E-state index contributed by atoms with van der Waals surface area (Å²) in [4.78, 5) is 17.2. The first-order valence-electron chi connectivity index (χ1n) is 9.59. The van der Waals surface area contributed by atoms with Gasteiger partial charge in [0.25, 0.3) is 5.56 Å². The molecule has 0 saturated carbocycles. The first kappa shape index (κ1) is 18.9. The van der Waals surface area contributed by atoms with Gasteiger partial charge in [0.15, 0.2) is 0 Å². The summed E-state index contributed by atoms with van der Waals surface area (Å²) in [6.07, 6.45) is 1.47. The molecule has 0 atom stereocenters. The highest BCUT2D eigenvalue weighted by molar-refractivity contribution is 5.68. The summed E-state index contributed by atoms with van der Waals surface area (Å²) in [6.45, 7) is 4.02. The van der Waals surface area contributed by atoms with E-state index in [-0.39, 0.29) is 23.8 Å². The van der Waals surface area contributed by atoms with Crippen LogP contribution >= 0.6 is 0 Å². The molecule has 0 aliphatic rings. The molecule has 0 radical (unpaired) electrons. The molecule has 0 unspecified atom stereocenters. The van der Waals surface area contributed by atoms with Gasteiger partial charge in [0.05, 0.1) is 5.69 Å². The van der Waals surface area contributed by atoms with E-state index in [1.807, 2.05) is 32.0 Å². The van der Waals surface area contributed by atoms with Crippen LogP contribution in [0, 0.1) is 19.7 Å². The van der Waals surface area contributed by atoms with Crippen molar-refractivity contribution in [2.45, 2.75) is 20.4 Å². The van der Waals surface area contributed by atoms with E-state index in [4.69, 9.17) is 4.52 Å². The second-order valence-corrected chi connectivity index (χ2v) is 7.29. The highest BCUT2D eigenvalue weighted by atomic mass is 19.1. The van der Waals surface area contributed by atoms with Crippen LogP contribution in [0.25, 0.3) is 28.2 Å². The maximum Gasteiger partial charge on any atom is 0.293 e. The molecule has 2 aromatic carbocycles. The lowest BCUT2D eigenvalue weighted by molar-refractivity contribution is 0.362. The van der Waals surface area contributed by atoms with Gasteiger partial charge in [-0.2, -0.15) is 15.2 Å². The molecular weight excluding hydrogens is 399 g/mol. The first-order valence-corrected chi connectivity index (χ1v) is 9.59. The van der Waals surface area contributed by atoms with E-state index in [0.717, 1.165) is 16.7 Å². The molecule has 0 bridgehead atoms. The maximum atomic E-state index is 13.1. The van der Waals surface area contributed by atoms with E-state index < -0.39 is 0 Å². The van der Waals surface area contributed by atoms with Gasteiger partial charge in [-0.05, 0) is 55.8 Å². The van der Waals surface area contributed by atoms with Crippen molar-refractivity contribution in [3.05, 3.63) is 88.0 Å². The van der Waals surface area contributed by atoms with Gasteiger partial charge >= 0.3 is 0 Å². The van der Waals surface area contributed by atoms with Crippen molar-refractivity contribution >= 4 is 5.52 Å². The summed E-state index contributed by atoms with van der Waals surface area (Å²) < 4.78 is 21.1. The van der Waals surface area contributed by atoms with Crippen LogP contribution in [-0.2, 0) is 6.54 Å². The van der Waals surface area contributed by atoms with E-state index in [1.165, 1.54) is 27.7 Å². The van der Waals surface area contributed by atoms with Crippen molar-refractivity contribution in [1.82, 2.24) is 29.5 Å². The van der Waals surface area contributed by atoms with E-state index in [2.05, 4.69) is 20.3 Å². The summed E-state index contributed by atoms with van der Waals surface area (Å²) in [5.74, 6) is 0.177. The molecule has 0 aliphatic carbocycles. The number of fused-ring (bicyclic) bond motifs is 1. The molecule has 0 spiro atoms. The minimum absolute atomic E-state index is 0.00745. The second kappa shape index (κ2) is 7.28.